The van der Waals surface area contributed by atoms with Gasteiger partial charge in [-0.3, -0.25) is 0 Å². The number of aromatic nitrogens is 1. The van der Waals surface area contributed by atoms with Gasteiger partial charge in [-0.2, -0.15) is 0 Å². The first-order chi connectivity index (χ1) is 21.4. The van der Waals surface area contributed by atoms with E-state index in [0.717, 1.165) is 0 Å². The van der Waals surface area contributed by atoms with E-state index in [0.29, 0.717) is 0 Å². The third kappa shape index (κ3) is 3.58. The van der Waals surface area contributed by atoms with Gasteiger partial charge < -0.3 is 4.57 Å². The summed E-state index contributed by atoms with van der Waals surface area (Å²) in [6, 6.07) is 59.7. The Bertz CT molecular complexity index is 2440. The van der Waals surface area contributed by atoms with Crippen LogP contribution in [0.3, 0.4) is 0 Å². The van der Waals surface area contributed by atoms with Crippen LogP contribution in [0.4, 0.5) is 0 Å². The van der Waals surface area contributed by atoms with Gasteiger partial charge in [-0.1, -0.05) is 140 Å². The molecule has 0 amide bonds. The average Bonchev–Trinajstić information content (AvgIpc) is 3.42. The van der Waals surface area contributed by atoms with Gasteiger partial charge in [0, 0.05) is 22.0 Å². The topological polar surface area (TPSA) is 4.93 Å². The van der Waals surface area contributed by atoms with E-state index in [4.69, 9.17) is 0 Å². The molecule has 0 fully saturated rings. The van der Waals surface area contributed by atoms with E-state index in [-0.39, 0.29) is 0 Å². The summed E-state index contributed by atoms with van der Waals surface area (Å²) in [6.07, 6.45) is 0. The van der Waals surface area contributed by atoms with Crippen molar-refractivity contribution in [3.63, 3.8) is 0 Å². The quantitative estimate of drug-likeness (QED) is 0.195. The lowest BCUT2D eigenvalue weighted by atomic mass is 9.85. The van der Waals surface area contributed by atoms with Crippen LogP contribution >= 0.6 is 0 Å². The van der Waals surface area contributed by atoms with Crippen LogP contribution in [0.25, 0.3) is 82.1 Å². The molecule has 0 spiro atoms. The highest BCUT2D eigenvalue weighted by Crippen LogP contribution is 2.47. The van der Waals surface area contributed by atoms with Gasteiger partial charge in [-0.05, 0) is 73.3 Å². The first-order valence-corrected chi connectivity index (χ1v) is 14.9. The van der Waals surface area contributed by atoms with E-state index in [1.54, 1.807) is 0 Å². The Hall–Kier alpha value is -5.66. The monoisotopic (exact) mass is 545 g/mol. The summed E-state index contributed by atoms with van der Waals surface area (Å²) < 4.78 is 2.45. The molecular weight excluding hydrogens is 518 g/mol. The van der Waals surface area contributed by atoms with Crippen molar-refractivity contribution in [2.45, 2.75) is 0 Å². The Balaban J connectivity index is 1.45. The molecule has 9 aromatic rings. The lowest BCUT2D eigenvalue weighted by Gasteiger charge is -2.19. The van der Waals surface area contributed by atoms with E-state index in [9.17, 15) is 0 Å². The number of fused-ring (bicyclic) bond motifs is 6. The van der Waals surface area contributed by atoms with Crippen molar-refractivity contribution in [2.24, 2.45) is 0 Å². The summed E-state index contributed by atoms with van der Waals surface area (Å²) in [5.41, 5.74) is 8.69. The molecule has 1 heterocycles. The maximum absolute atomic E-state index is 2.45. The zero-order valence-electron chi connectivity index (χ0n) is 23.5. The van der Waals surface area contributed by atoms with Crippen molar-refractivity contribution in [2.75, 3.05) is 0 Å². The average molecular weight is 546 g/mol. The highest BCUT2D eigenvalue weighted by atomic mass is 15.0. The Morgan fingerprint density at radius 3 is 1.63 bits per heavy atom. The zero-order chi connectivity index (χ0) is 28.3. The van der Waals surface area contributed by atoms with Crippen LogP contribution < -0.4 is 0 Å². The van der Waals surface area contributed by atoms with Gasteiger partial charge in [0.15, 0.2) is 0 Å². The number of benzene rings is 8. The van der Waals surface area contributed by atoms with Gasteiger partial charge >= 0.3 is 0 Å². The molecule has 0 aliphatic rings. The van der Waals surface area contributed by atoms with Crippen LogP contribution in [0.15, 0.2) is 164 Å². The molecule has 0 N–H and O–H groups in total. The minimum atomic E-state index is 1.17. The third-order valence-electron chi connectivity index (χ3n) is 8.95. The molecule has 0 aliphatic carbocycles. The Labute approximate surface area is 249 Å². The lowest BCUT2D eigenvalue weighted by molar-refractivity contribution is 1.18. The van der Waals surface area contributed by atoms with Crippen molar-refractivity contribution in [3.05, 3.63) is 164 Å². The molecule has 0 saturated heterocycles. The van der Waals surface area contributed by atoms with Crippen molar-refractivity contribution < 1.29 is 0 Å². The predicted octanol–water partition coefficient (Wildman–Crippen LogP) is 11.6. The second-order valence-electron chi connectivity index (χ2n) is 11.3. The molecule has 1 heteroatoms. The van der Waals surface area contributed by atoms with Crippen molar-refractivity contribution in [1.82, 2.24) is 4.57 Å². The normalized spacial score (nSPS) is 11.7. The fourth-order valence-electron chi connectivity index (χ4n) is 7.14. The van der Waals surface area contributed by atoms with E-state index in [2.05, 4.69) is 168 Å². The van der Waals surface area contributed by atoms with Crippen LogP contribution in [0.1, 0.15) is 0 Å². The van der Waals surface area contributed by atoms with E-state index in [1.165, 1.54) is 82.1 Å². The second-order valence-corrected chi connectivity index (χ2v) is 11.3. The molecule has 9 rings (SSSR count). The van der Waals surface area contributed by atoms with E-state index >= 15 is 0 Å². The molecule has 0 unspecified atom stereocenters. The largest absolute Gasteiger partial charge is 0.309 e. The SMILES string of the molecule is c1ccc(-n2c3ccccc3c3cccc(-c4c5ccccc5c(-c5ccc6ccccc6c5)c5ccccc45)c32)cc1. The number of hydrogen-bond donors (Lipinski definition) is 0. The van der Waals surface area contributed by atoms with Crippen molar-refractivity contribution >= 4 is 54.1 Å². The molecule has 0 aliphatic heterocycles. The summed E-state index contributed by atoms with van der Waals surface area (Å²) in [5.74, 6) is 0. The Kier molecular flexibility index (Phi) is 5.27. The number of para-hydroxylation sites is 3. The molecule has 200 valence electrons. The first kappa shape index (κ1) is 24.0. The van der Waals surface area contributed by atoms with Crippen molar-refractivity contribution in [3.8, 4) is 27.9 Å². The summed E-state index contributed by atoms with van der Waals surface area (Å²) in [6.45, 7) is 0. The summed E-state index contributed by atoms with van der Waals surface area (Å²) in [5, 5.41) is 10.1. The first-order valence-electron chi connectivity index (χ1n) is 14.9. The lowest BCUT2D eigenvalue weighted by Crippen LogP contribution is -1.96. The van der Waals surface area contributed by atoms with Crippen LogP contribution in [0, 0.1) is 0 Å². The Morgan fingerprint density at radius 2 is 0.907 bits per heavy atom. The standard InChI is InChI=1S/C42H27N/c1-2-15-31(16-3-1)43-39-24-11-10-17-32(39)37-22-12-23-38(42(37)43)41-35-20-8-6-18-33(35)40(34-19-7-9-21-36(34)41)30-26-25-28-13-4-5-14-29(28)27-30/h1-27H. The summed E-state index contributed by atoms with van der Waals surface area (Å²) >= 11 is 0. The highest BCUT2D eigenvalue weighted by molar-refractivity contribution is 6.25. The third-order valence-corrected chi connectivity index (χ3v) is 8.95. The second kappa shape index (κ2) is 9.44. The highest BCUT2D eigenvalue weighted by Gasteiger charge is 2.21. The summed E-state index contributed by atoms with van der Waals surface area (Å²) in [4.78, 5) is 0. The number of hydrogen-bond acceptors (Lipinski definition) is 0. The fraction of sp³-hybridized carbons (Fsp3) is 0. The van der Waals surface area contributed by atoms with E-state index in [1.807, 2.05) is 0 Å². The van der Waals surface area contributed by atoms with Gasteiger partial charge in [-0.15, -0.1) is 0 Å². The van der Waals surface area contributed by atoms with E-state index < -0.39 is 0 Å². The smallest absolute Gasteiger partial charge is 0.0619 e. The minimum Gasteiger partial charge on any atom is -0.309 e. The molecule has 43 heavy (non-hydrogen) atoms. The van der Waals surface area contributed by atoms with Gasteiger partial charge in [0.1, 0.15) is 0 Å². The van der Waals surface area contributed by atoms with Crippen molar-refractivity contribution in [1.29, 1.82) is 0 Å². The zero-order valence-corrected chi connectivity index (χ0v) is 23.5. The molecule has 0 saturated carbocycles. The number of rotatable bonds is 3. The number of nitrogens with zero attached hydrogens (tertiary/aromatic N) is 1. The van der Waals surface area contributed by atoms with Gasteiger partial charge in [-0.25, -0.2) is 0 Å². The van der Waals surface area contributed by atoms with Gasteiger partial charge in [0.05, 0.1) is 11.0 Å². The summed E-state index contributed by atoms with van der Waals surface area (Å²) in [7, 11) is 0. The minimum absolute atomic E-state index is 1.17. The van der Waals surface area contributed by atoms with Crippen LogP contribution in [-0.2, 0) is 0 Å². The van der Waals surface area contributed by atoms with Gasteiger partial charge in [0.2, 0.25) is 0 Å². The Morgan fingerprint density at radius 1 is 0.349 bits per heavy atom. The molecule has 0 radical (unpaired) electrons. The fourth-order valence-corrected chi connectivity index (χ4v) is 7.14. The molecule has 8 aromatic carbocycles. The molecule has 0 bridgehead atoms. The molecule has 0 atom stereocenters. The molecule has 1 nitrogen and oxygen atoms in total. The maximum atomic E-state index is 2.45. The molecular formula is C42H27N. The van der Waals surface area contributed by atoms with Crippen LogP contribution in [-0.4, -0.2) is 4.57 Å². The maximum Gasteiger partial charge on any atom is 0.0619 e. The van der Waals surface area contributed by atoms with Crippen LogP contribution in [0.5, 0.6) is 0 Å². The van der Waals surface area contributed by atoms with Gasteiger partial charge in [0.25, 0.3) is 0 Å². The molecule has 1 aromatic heterocycles. The predicted molar refractivity (Wildman–Crippen MR) is 184 cm³/mol. The van der Waals surface area contributed by atoms with Crippen LogP contribution in [0.2, 0.25) is 0 Å².